The molecule has 21 heavy (non-hydrogen) atoms. The van der Waals surface area contributed by atoms with Gasteiger partial charge in [0, 0.05) is 38.9 Å². The summed E-state index contributed by atoms with van der Waals surface area (Å²) in [6.45, 7) is 4.40. The van der Waals surface area contributed by atoms with E-state index in [-0.39, 0.29) is 5.82 Å². The van der Waals surface area contributed by atoms with E-state index in [1.807, 2.05) is 18.2 Å². The summed E-state index contributed by atoms with van der Waals surface area (Å²) in [5.41, 5.74) is 7.70. The molecule has 1 aliphatic rings. The summed E-state index contributed by atoms with van der Waals surface area (Å²) in [4.78, 5) is 8.88. The zero-order valence-electron chi connectivity index (χ0n) is 11.9. The van der Waals surface area contributed by atoms with Gasteiger partial charge in [-0.15, -0.1) is 0 Å². The third kappa shape index (κ3) is 3.31. The van der Waals surface area contributed by atoms with Crippen molar-refractivity contribution in [3.63, 3.8) is 0 Å². The van der Waals surface area contributed by atoms with Crippen LogP contribution in [0.2, 0.25) is 0 Å². The number of pyridine rings is 1. The lowest BCUT2D eigenvalue weighted by atomic mass is 10.2. The van der Waals surface area contributed by atoms with E-state index in [1.54, 1.807) is 18.3 Å². The quantitative estimate of drug-likeness (QED) is 0.939. The van der Waals surface area contributed by atoms with Crippen LogP contribution in [-0.4, -0.2) is 36.1 Å². The Hall–Kier alpha value is -2.14. The fraction of sp³-hybridized carbons (Fsp3) is 0.312. The molecule has 0 aliphatic carbocycles. The van der Waals surface area contributed by atoms with E-state index in [4.69, 9.17) is 5.73 Å². The van der Waals surface area contributed by atoms with Gasteiger partial charge in [0.25, 0.3) is 0 Å². The number of nitrogens with zero attached hydrogens (tertiary/aromatic N) is 3. The van der Waals surface area contributed by atoms with E-state index in [2.05, 4.69) is 14.8 Å². The van der Waals surface area contributed by atoms with Gasteiger partial charge < -0.3 is 10.6 Å². The molecule has 1 saturated heterocycles. The first-order valence-corrected chi connectivity index (χ1v) is 7.14. The van der Waals surface area contributed by atoms with Crippen LogP contribution in [0.3, 0.4) is 0 Å². The maximum absolute atomic E-state index is 13.2. The highest BCUT2D eigenvalue weighted by Crippen LogP contribution is 2.21. The summed E-state index contributed by atoms with van der Waals surface area (Å²) in [5, 5.41) is 0. The van der Waals surface area contributed by atoms with Gasteiger partial charge in [-0.05, 0) is 29.8 Å². The van der Waals surface area contributed by atoms with Gasteiger partial charge in [0.1, 0.15) is 5.82 Å². The minimum absolute atomic E-state index is 0.174. The third-order valence-corrected chi connectivity index (χ3v) is 3.78. The fourth-order valence-electron chi connectivity index (χ4n) is 2.68. The van der Waals surface area contributed by atoms with Gasteiger partial charge in [-0.3, -0.25) is 4.90 Å². The summed E-state index contributed by atoms with van der Waals surface area (Å²) < 4.78 is 13.2. The maximum Gasteiger partial charge on any atom is 0.151 e. The molecule has 2 N–H and O–H groups in total. The van der Waals surface area contributed by atoms with Gasteiger partial charge in [0.2, 0.25) is 0 Å². The number of halogens is 1. The molecule has 0 spiro atoms. The predicted octanol–water partition coefficient (Wildman–Crippen LogP) is 2.13. The van der Waals surface area contributed by atoms with E-state index >= 15 is 0 Å². The number of hydrogen-bond acceptors (Lipinski definition) is 4. The lowest BCUT2D eigenvalue weighted by Gasteiger charge is -2.35. The van der Waals surface area contributed by atoms with E-state index in [1.165, 1.54) is 6.07 Å². The molecule has 0 amide bonds. The number of hydrogen-bond donors (Lipinski definition) is 1. The van der Waals surface area contributed by atoms with Gasteiger partial charge in [0.05, 0.1) is 5.69 Å². The van der Waals surface area contributed by atoms with Crippen LogP contribution in [0.5, 0.6) is 0 Å². The first-order chi connectivity index (χ1) is 10.2. The minimum atomic E-state index is -0.174. The average molecular weight is 286 g/mol. The van der Waals surface area contributed by atoms with E-state index in [0.717, 1.165) is 49.8 Å². The Kier molecular flexibility index (Phi) is 4.01. The standard InChI is InChI=1S/C16H19FN4/c17-14-4-1-3-13(11-14)12-20-7-9-21(10-8-20)16-15(18)5-2-6-19-16/h1-6,11H,7-10,12,18H2. The summed E-state index contributed by atoms with van der Waals surface area (Å²) in [6.07, 6.45) is 1.77. The Morgan fingerprint density at radius 3 is 2.62 bits per heavy atom. The van der Waals surface area contributed by atoms with Gasteiger partial charge in [-0.25, -0.2) is 9.37 Å². The van der Waals surface area contributed by atoms with Gasteiger partial charge in [0.15, 0.2) is 5.82 Å². The Balaban J connectivity index is 1.59. The van der Waals surface area contributed by atoms with E-state index in [9.17, 15) is 4.39 Å². The molecular formula is C16H19FN4. The second-order valence-electron chi connectivity index (χ2n) is 5.31. The molecule has 2 aromatic rings. The molecule has 1 aromatic carbocycles. The van der Waals surface area contributed by atoms with Crippen LogP contribution in [0.15, 0.2) is 42.6 Å². The minimum Gasteiger partial charge on any atom is -0.396 e. The molecule has 110 valence electrons. The molecule has 3 rings (SSSR count). The topological polar surface area (TPSA) is 45.4 Å². The number of piperazine rings is 1. The van der Waals surface area contributed by atoms with E-state index < -0.39 is 0 Å². The van der Waals surface area contributed by atoms with Crippen LogP contribution in [0.25, 0.3) is 0 Å². The third-order valence-electron chi connectivity index (χ3n) is 3.78. The number of rotatable bonds is 3. The summed E-state index contributed by atoms with van der Waals surface area (Å²) in [7, 11) is 0. The molecule has 1 fully saturated rings. The number of benzene rings is 1. The highest BCUT2D eigenvalue weighted by atomic mass is 19.1. The Morgan fingerprint density at radius 2 is 1.90 bits per heavy atom. The molecule has 2 heterocycles. The Labute approximate surface area is 124 Å². The lowest BCUT2D eigenvalue weighted by Crippen LogP contribution is -2.46. The molecule has 0 unspecified atom stereocenters. The zero-order chi connectivity index (χ0) is 14.7. The van der Waals surface area contributed by atoms with Crippen molar-refractivity contribution < 1.29 is 4.39 Å². The molecular weight excluding hydrogens is 267 g/mol. The van der Waals surface area contributed by atoms with Crippen molar-refractivity contribution in [1.82, 2.24) is 9.88 Å². The van der Waals surface area contributed by atoms with Crippen molar-refractivity contribution in [1.29, 1.82) is 0 Å². The number of anilines is 2. The second kappa shape index (κ2) is 6.10. The van der Waals surface area contributed by atoms with Crippen LogP contribution >= 0.6 is 0 Å². The van der Waals surface area contributed by atoms with Gasteiger partial charge in [-0.1, -0.05) is 12.1 Å². The number of nitrogen functional groups attached to an aromatic ring is 1. The maximum atomic E-state index is 13.2. The lowest BCUT2D eigenvalue weighted by molar-refractivity contribution is 0.249. The zero-order valence-corrected chi connectivity index (χ0v) is 11.9. The highest BCUT2D eigenvalue weighted by molar-refractivity contribution is 5.62. The normalized spacial score (nSPS) is 16.1. The SMILES string of the molecule is Nc1cccnc1N1CCN(Cc2cccc(F)c2)CC1. The Bertz CT molecular complexity index is 609. The van der Waals surface area contributed by atoms with Crippen molar-refractivity contribution in [2.45, 2.75) is 6.54 Å². The van der Waals surface area contributed by atoms with Crippen LogP contribution in [0, 0.1) is 5.82 Å². The number of nitrogens with two attached hydrogens (primary N) is 1. The highest BCUT2D eigenvalue weighted by Gasteiger charge is 2.19. The van der Waals surface area contributed by atoms with Gasteiger partial charge >= 0.3 is 0 Å². The van der Waals surface area contributed by atoms with E-state index in [0.29, 0.717) is 0 Å². The number of aromatic nitrogens is 1. The van der Waals surface area contributed by atoms with Crippen LogP contribution < -0.4 is 10.6 Å². The van der Waals surface area contributed by atoms with Crippen LogP contribution in [0.1, 0.15) is 5.56 Å². The van der Waals surface area contributed by atoms with Crippen LogP contribution in [-0.2, 0) is 6.54 Å². The summed E-state index contributed by atoms with van der Waals surface area (Å²) >= 11 is 0. The molecule has 1 aromatic heterocycles. The monoisotopic (exact) mass is 286 g/mol. The summed E-state index contributed by atoms with van der Waals surface area (Å²) in [6, 6.07) is 10.5. The average Bonchev–Trinajstić information content (AvgIpc) is 2.49. The van der Waals surface area contributed by atoms with Crippen molar-refractivity contribution in [2.24, 2.45) is 0 Å². The molecule has 0 radical (unpaired) electrons. The smallest absolute Gasteiger partial charge is 0.151 e. The van der Waals surface area contributed by atoms with Gasteiger partial charge in [-0.2, -0.15) is 0 Å². The van der Waals surface area contributed by atoms with Crippen molar-refractivity contribution >= 4 is 11.5 Å². The molecule has 0 bridgehead atoms. The van der Waals surface area contributed by atoms with Crippen molar-refractivity contribution in [3.05, 3.63) is 54.0 Å². The molecule has 0 atom stereocenters. The first-order valence-electron chi connectivity index (χ1n) is 7.14. The molecule has 4 nitrogen and oxygen atoms in total. The summed E-state index contributed by atoms with van der Waals surface area (Å²) in [5.74, 6) is 0.690. The molecule has 1 aliphatic heterocycles. The fourth-order valence-corrected chi connectivity index (χ4v) is 2.68. The first kappa shape index (κ1) is 13.8. The van der Waals surface area contributed by atoms with Crippen LogP contribution in [0.4, 0.5) is 15.9 Å². The Morgan fingerprint density at radius 1 is 1.10 bits per heavy atom. The molecule has 0 saturated carbocycles. The largest absolute Gasteiger partial charge is 0.396 e. The van der Waals surface area contributed by atoms with Crippen molar-refractivity contribution in [3.8, 4) is 0 Å². The predicted molar refractivity (Wildman–Crippen MR) is 82.5 cm³/mol. The molecule has 5 heteroatoms. The van der Waals surface area contributed by atoms with Crippen molar-refractivity contribution in [2.75, 3.05) is 36.8 Å². The second-order valence-corrected chi connectivity index (χ2v) is 5.31.